The van der Waals surface area contributed by atoms with Crippen molar-refractivity contribution in [3.05, 3.63) is 12.2 Å². The van der Waals surface area contributed by atoms with Gasteiger partial charge in [0.1, 0.15) is 0 Å². The summed E-state index contributed by atoms with van der Waals surface area (Å²) in [6, 6.07) is 0. The molecule has 0 bridgehead atoms. The molecular weight excluding hydrogens is 178 g/mol. The summed E-state index contributed by atoms with van der Waals surface area (Å²) in [6.45, 7) is 10.7. The topological polar surface area (TPSA) is 38.3 Å². The average molecular weight is 199 g/mol. The lowest BCUT2D eigenvalue weighted by Gasteiger charge is -2.16. The molecule has 1 amide bonds. The second kappa shape index (κ2) is 7.56. The molecular formula is C11H21NO2. The molecule has 0 radical (unpaired) electrons. The second-order valence-electron chi connectivity index (χ2n) is 3.39. The summed E-state index contributed by atoms with van der Waals surface area (Å²) in [6.07, 6.45) is 2.04. The van der Waals surface area contributed by atoms with Crippen LogP contribution in [-0.4, -0.2) is 25.2 Å². The normalized spacial score (nSPS) is 12.2. The Hall–Kier alpha value is -0.830. The van der Waals surface area contributed by atoms with Crippen LogP contribution in [0.3, 0.4) is 0 Å². The molecule has 0 aliphatic rings. The predicted molar refractivity (Wildman–Crippen MR) is 58.1 cm³/mol. The van der Waals surface area contributed by atoms with Gasteiger partial charge >= 0.3 is 0 Å². The first kappa shape index (κ1) is 13.2. The quantitative estimate of drug-likeness (QED) is 0.636. The molecule has 0 rings (SSSR count). The number of hydrogen-bond acceptors (Lipinski definition) is 2. The summed E-state index contributed by atoms with van der Waals surface area (Å²) >= 11 is 0. The van der Waals surface area contributed by atoms with Crippen LogP contribution in [0, 0.1) is 0 Å². The van der Waals surface area contributed by atoms with Gasteiger partial charge in [-0.1, -0.05) is 20.4 Å². The third-order valence-electron chi connectivity index (χ3n) is 1.89. The molecule has 0 aliphatic heterocycles. The molecule has 14 heavy (non-hydrogen) atoms. The molecule has 0 fully saturated rings. The summed E-state index contributed by atoms with van der Waals surface area (Å²) < 4.78 is 5.53. The van der Waals surface area contributed by atoms with Crippen LogP contribution in [0.5, 0.6) is 0 Å². The van der Waals surface area contributed by atoms with Crippen LogP contribution in [0.2, 0.25) is 0 Å². The van der Waals surface area contributed by atoms with Gasteiger partial charge in [0.05, 0.1) is 6.10 Å². The van der Waals surface area contributed by atoms with Crippen LogP contribution < -0.4 is 5.32 Å². The molecule has 1 N–H and O–H groups in total. The van der Waals surface area contributed by atoms with Crippen molar-refractivity contribution in [2.24, 2.45) is 0 Å². The maximum absolute atomic E-state index is 11.2. The maximum atomic E-state index is 11.2. The fourth-order valence-electron chi connectivity index (χ4n) is 0.963. The lowest BCUT2D eigenvalue weighted by Crippen LogP contribution is -2.33. The first-order valence-electron chi connectivity index (χ1n) is 5.17. The van der Waals surface area contributed by atoms with Crippen molar-refractivity contribution in [2.75, 3.05) is 13.2 Å². The molecule has 0 aromatic carbocycles. The van der Waals surface area contributed by atoms with Gasteiger partial charge in [0.2, 0.25) is 5.91 Å². The minimum Gasteiger partial charge on any atom is -0.376 e. The predicted octanol–water partition coefficient (Wildman–Crippen LogP) is 1.88. The molecule has 0 heterocycles. The lowest BCUT2D eigenvalue weighted by atomic mass is 10.2. The average Bonchev–Trinajstić information content (AvgIpc) is 2.17. The lowest BCUT2D eigenvalue weighted by molar-refractivity contribution is -0.118. The third kappa shape index (κ3) is 5.75. The van der Waals surface area contributed by atoms with E-state index in [0.29, 0.717) is 12.1 Å². The fraction of sp³-hybridized carbons (Fsp3) is 0.727. The Kier molecular flexibility index (Phi) is 7.11. The number of hydrogen-bond donors (Lipinski definition) is 1. The van der Waals surface area contributed by atoms with Gasteiger partial charge in [-0.15, -0.1) is 0 Å². The molecule has 1 unspecified atom stereocenters. The number of nitrogens with one attached hydrogen (secondary N) is 1. The molecule has 0 aromatic rings. The Morgan fingerprint density at radius 3 is 2.57 bits per heavy atom. The Morgan fingerprint density at radius 1 is 1.50 bits per heavy atom. The molecule has 3 heteroatoms. The Labute approximate surface area is 86.5 Å². The first-order chi connectivity index (χ1) is 6.61. The highest BCUT2D eigenvalue weighted by molar-refractivity contribution is 5.92. The van der Waals surface area contributed by atoms with Crippen LogP contribution in [0.1, 0.15) is 33.6 Å². The van der Waals surface area contributed by atoms with Crippen molar-refractivity contribution in [3.8, 4) is 0 Å². The van der Waals surface area contributed by atoms with Crippen LogP contribution in [-0.2, 0) is 9.53 Å². The minimum atomic E-state index is -0.0939. The van der Waals surface area contributed by atoms with E-state index in [1.807, 2.05) is 6.92 Å². The van der Waals surface area contributed by atoms with E-state index in [0.717, 1.165) is 19.4 Å². The standard InChI is InChI=1S/C11H21NO2/c1-5-7-14-10(6-2)8-12-11(13)9(3)4/h10H,3,5-8H2,1-2,4H3,(H,12,13). The van der Waals surface area contributed by atoms with Crippen molar-refractivity contribution in [1.29, 1.82) is 0 Å². The molecule has 0 saturated carbocycles. The highest BCUT2D eigenvalue weighted by Crippen LogP contribution is 1.98. The highest BCUT2D eigenvalue weighted by Gasteiger charge is 2.08. The minimum absolute atomic E-state index is 0.0939. The molecule has 0 spiro atoms. The van der Waals surface area contributed by atoms with Gasteiger partial charge in [0, 0.05) is 18.7 Å². The van der Waals surface area contributed by atoms with Crippen LogP contribution in [0.25, 0.3) is 0 Å². The van der Waals surface area contributed by atoms with Gasteiger partial charge in [-0.2, -0.15) is 0 Å². The van der Waals surface area contributed by atoms with Crippen molar-refractivity contribution in [1.82, 2.24) is 5.32 Å². The van der Waals surface area contributed by atoms with E-state index in [1.165, 1.54) is 0 Å². The summed E-state index contributed by atoms with van der Waals surface area (Å²) in [5.74, 6) is -0.0939. The Balaban J connectivity index is 3.71. The molecule has 1 atom stereocenters. The van der Waals surface area contributed by atoms with E-state index in [1.54, 1.807) is 6.92 Å². The number of ether oxygens (including phenoxy) is 1. The van der Waals surface area contributed by atoms with Gasteiger partial charge in [0.25, 0.3) is 0 Å². The second-order valence-corrected chi connectivity index (χ2v) is 3.39. The summed E-state index contributed by atoms with van der Waals surface area (Å²) in [7, 11) is 0. The molecule has 82 valence electrons. The number of carbonyl (C=O) groups is 1. The molecule has 0 aromatic heterocycles. The highest BCUT2D eigenvalue weighted by atomic mass is 16.5. The summed E-state index contributed by atoms with van der Waals surface area (Å²) in [4.78, 5) is 11.2. The van der Waals surface area contributed by atoms with Gasteiger partial charge in [-0.25, -0.2) is 0 Å². The molecule has 3 nitrogen and oxygen atoms in total. The van der Waals surface area contributed by atoms with E-state index in [4.69, 9.17) is 4.74 Å². The SMILES string of the molecule is C=C(C)C(=O)NCC(CC)OCCC. The van der Waals surface area contributed by atoms with Crippen molar-refractivity contribution in [3.63, 3.8) is 0 Å². The van der Waals surface area contributed by atoms with E-state index >= 15 is 0 Å². The van der Waals surface area contributed by atoms with Gasteiger partial charge in [0.15, 0.2) is 0 Å². The Bertz CT molecular complexity index is 190. The number of carbonyl (C=O) groups excluding carboxylic acids is 1. The monoisotopic (exact) mass is 199 g/mol. The van der Waals surface area contributed by atoms with Crippen LogP contribution >= 0.6 is 0 Å². The van der Waals surface area contributed by atoms with E-state index < -0.39 is 0 Å². The van der Waals surface area contributed by atoms with E-state index in [9.17, 15) is 4.79 Å². The van der Waals surface area contributed by atoms with E-state index in [2.05, 4.69) is 18.8 Å². The largest absolute Gasteiger partial charge is 0.376 e. The Morgan fingerprint density at radius 2 is 2.14 bits per heavy atom. The third-order valence-corrected chi connectivity index (χ3v) is 1.89. The van der Waals surface area contributed by atoms with Gasteiger partial charge in [-0.3, -0.25) is 4.79 Å². The maximum Gasteiger partial charge on any atom is 0.246 e. The van der Waals surface area contributed by atoms with E-state index in [-0.39, 0.29) is 12.0 Å². The first-order valence-corrected chi connectivity index (χ1v) is 5.17. The van der Waals surface area contributed by atoms with Crippen LogP contribution in [0.4, 0.5) is 0 Å². The zero-order chi connectivity index (χ0) is 11.0. The fourth-order valence-corrected chi connectivity index (χ4v) is 0.963. The van der Waals surface area contributed by atoms with Gasteiger partial charge < -0.3 is 10.1 Å². The smallest absolute Gasteiger partial charge is 0.246 e. The summed E-state index contributed by atoms with van der Waals surface area (Å²) in [5.41, 5.74) is 0.537. The van der Waals surface area contributed by atoms with Crippen LogP contribution in [0.15, 0.2) is 12.2 Å². The zero-order valence-corrected chi connectivity index (χ0v) is 9.43. The van der Waals surface area contributed by atoms with Gasteiger partial charge in [-0.05, 0) is 19.8 Å². The zero-order valence-electron chi connectivity index (χ0n) is 9.43. The van der Waals surface area contributed by atoms with Crippen molar-refractivity contribution >= 4 is 5.91 Å². The number of amides is 1. The van der Waals surface area contributed by atoms with Crippen molar-refractivity contribution in [2.45, 2.75) is 39.7 Å². The number of rotatable bonds is 7. The summed E-state index contributed by atoms with van der Waals surface area (Å²) in [5, 5.41) is 2.78. The van der Waals surface area contributed by atoms with Crippen molar-refractivity contribution < 1.29 is 9.53 Å². The molecule has 0 saturated heterocycles. The molecule has 0 aliphatic carbocycles.